The first-order valence-corrected chi connectivity index (χ1v) is 7.08. The van der Waals surface area contributed by atoms with Gasteiger partial charge in [0.2, 0.25) is 0 Å². The molecule has 1 unspecified atom stereocenters. The average Bonchev–Trinajstić information content (AvgIpc) is 2.40. The predicted molar refractivity (Wildman–Crippen MR) is 67.0 cm³/mol. The summed E-state index contributed by atoms with van der Waals surface area (Å²) in [5.74, 6) is 0.618. The minimum absolute atomic E-state index is 0.253. The van der Waals surface area contributed by atoms with Gasteiger partial charge in [-0.2, -0.15) is 0 Å². The quantitative estimate of drug-likeness (QED) is 0.823. The highest BCUT2D eigenvalue weighted by molar-refractivity contribution is 4.92. The first-order valence-electron chi connectivity index (χ1n) is 7.08. The van der Waals surface area contributed by atoms with Crippen molar-refractivity contribution in [2.45, 2.75) is 63.1 Å². The van der Waals surface area contributed by atoms with E-state index in [2.05, 4.69) is 0 Å². The Labute approximate surface area is 104 Å². The number of rotatable bonds is 4. The third-order valence-electron chi connectivity index (χ3n) is 4.61. The lowest BCUT2D eigenvalue weighted by Gasteiger charge is -2.41. The molecule has 2 fully saturated rings. The zero-order valence-corrected chi connectivity index (χ0v) is 11.0. The highest BCUT2D eigenvalue weighted by Gasteiger charge is 2.40. The van der Waals surface area contributed by atoms with E-state index in [1.807, 2.05) is 0 Å². The zero-order valence-electron chi connectivity index (χ0n) is 11.0. The minimum atomic E-state index is -0.295. The molecule has 17 heavy (non-hydrogen) atoms. The van der Waals surface area contributed by atoms with E-state index in [-0.39, 0.29) is 11.7 Å². The van der Waals surface area contributed by atoms with Crippen LogP contribution in [0.25, 0.3) is 0 Å². The Bertz CT molecular complexity index is 218. The van der Waals surface area contributed by atoms with Crippen LogP contribution in [0.4, 0.5) is 0 Å². The third kappa shape index (κ3) is 3.21. The Morgan fingerprint density at radius 2 is 1.88 bits per heavy atom. The van der Waals surface area contributed by atoms with E-state index in [1.165, 1.54) is 19.3 Å². The van der Waals surface area contributed by atoms with Crippen molar-refractivity contribution < 1.29 is 14.6 Å². The Morgan fingerprint density at radius 1 is 1.24 bits per heavy atom. The molecule has 1 aliphatic carbocycles. The molecule has 0 aromatic rings. The van der Waals surface area contributed by atoms with Gasteiger partial charge in [0.15, 0.2) is 0 Å². The first kappa shape index (κ1) is 13.3. The van der Waals surface area contributed by atoms with Gasteiger partial charge in [-0.15, -0.1) is 0 Å². The van der Waals surface area contributed by atoms with Crippen LogP contribution < -0.4 is 0 Å². The molecule has 1 saturated carbocycles. The highest BCUT2D eigenvalue weighted by atomic mass is 16.5. The predicted octanol–water partition coefficient (Wildman–Crippen LogP) is 2.51. The Kier molecular flexibility index (Phi) is 4.83. The van der Waals surface area contributed by atoms with E-state index in [1.54, 1.807) is 7.11 Å². The van der Waals surface area contributed by atoms with Crippen LogP contribution in [0, 0.1) is 5.92 Å². The van der Waals surface area contributed by atoms with Gasteiger partial charge in [0, 0.05) is 20.3 Å². The van der Waals surface area contributed by atoms with E-state index >= 15 is 0 Å². The van der Waals surface area contributed by atoms with E-state index in [0.29, 0.717) is 5.92 Å². The summed E-state index contributed by atoms with van der Waals surface area (Å²) in [4.78, 5) is 0. The fourth-order valence-electron chi connectivity index (χ4n) is 3.34. The molecule has 3 heteroatoms. The van der Waals surface area contributed by atoms with Crippen molar-refractivity contribution in [1.29, 1.82) is 0 Å². The van der Waals surface area contributed by atoms with E-state index in [0.717, 1.165) is 45.3 Å². The summed E-state index contributed by atoms with van der Waals surface area (Å²) in [6.07, 6.45) is 8.50. The van der Waals surface area contributed by atoms with Gasteiger partial charge in [0.05, 0.1) is 11.7 Å². The van der Waals surface area contributed by atoms with E-state index in [4.69, 9.17) is 9.47 Å². The lowest BCUT2D eigenvalue weighted by atomic mass is 9.77. The smallest absolute Gasteiger partial charge is 0.0936 e. The van der Waals surface area contributed by atoms with E-state index < -0.39 is 0 Å². The molecule has 0 aromatic heterocycles. The average molecular weight is 242 g/mol. The van der Waals surface area contributed by atoms with Crippen LogP contribution in [-0.2, 0) is 9.47 Å². The molecule has 0 radical (unpaired) electrons. The molecule has 2 rings (SSSR count). The summed E-state index contributed by atoms with van der Waals surface area (Å²) in [5.41, 5.74) is -0.253. The van der Waals surface area contributed by atoms with Crippen LogP contribution in [0.1, 0.15) is 51.4 Å². The summed E-state index contributed by atoms with van der Waals surface area (Å²) in [6, 6.07) is 0. The number of ether oxygens (including phenoxy) is 2. The standard InChI is InChI=1S/C14H26O3/c1-16-14(7-3-2-4-8-14)13(15)11-12-5-9-17-10-6-12/h12-13,15H,2-11H2,1H3. The van der Waals surface area contributed by atoms with Crippen molar-refractivity contribution in [2.75, 3.05) is 20.3 Å². The Balaban J connectivity index is 1.89. The van der Waals surface area contributed by atoms with Crippen molar-refractivity contribution >= 4 is 0 Å². The second-order valence-electron chi connectivity index (χ2n) is 5.64. The van der Waals surface area contributed by atoms with Gasteiger partial charge in [-0.3, -0.25) is 0 Å². The second kappa shape index (κ2) is 6.17. The largest absolute Gasteiger partial charge is 0.390 e. The molecule has 0 amide bonds. The van der Waals surface area contributed by atoms with E-state index in [9.17, 15) is 5.11 Å². The lowest BCUT2D eigenvalue weighted by molar-refractivity contribution is -0.132. The van der Waals surface area contributed by atoms with Crippen molar-refractivity contribution in [3.05, 3.63) is 0 Å². The number of hydrogen-bond acceptors (Lipinski definition) is 3. The molecular formula is C14H26O3. The monoisotopic (exact) mass is 242 g/mol. The van der Waals surface area contributed by atoms with Crippen LogP contribution in [0.15, 0.2) is 0 Å². The second-order valence-corrected chi connectivity index (χ2v) is 5.64. The maximum Gasteiger partial charge on any atom is 0.0936 e. The van der Waals surface area contributed by atoms with Gasteiger partial charge in [-0.25, -0.2) is 0 Å². The van der Waals surface area contributed by atoms with Gasteiger partial charge < -0.3 is 14.6 Å². The van der Waals surface area contributed by atoms with Crippen molar-refractivity contribution in [2.24, 2.45) is 5.92 Å². The maximum absolute atomic E-state index is 10.5. The summed E-state index contributed by atoms with van der Waals surface area (Å²) in [6.45, 7) is 1.72. The van der Waals surface area contributed by atoms with Crippen LogP contribution >= 0.6 is 0 Å². The molecule has 1 N–H and O–H groups in total. The van der Waals surface area contributed by atoms with Crippen molar-refractivity contribution in [1.82, 2.24) is 0 Å². The molecule has 0 bridgehead atoms. The highest BCUT2D eigenvalue weighted by Crippen LogP contribution is 2.37. The summed E-state index contributed by atoms with van der Waals surface area (Å²) in [7, 11) is 1.76. The molecule has 1 saturated heterocycles. The number of aliphatic hydroxyl groups excluding tert-OH is 1. The Morgan fingerprint density at radius 3 is 2.47 bits per heavy atom. The van der Waals surface area contributed by atoms with Gasteiger partial charge in [0.25, 0.3) is 0 Å². The zero-order chi connectivity index (χ0) is 12.1. The lowest BCUT2D eigenvalue weighted by Crippen LogP contribution is -2.46. The molecule has 2 aliphatic rings. The van der Waals surface area contributed by atoms with Crippen LogP contribution in [-0.4, -0.2) is 37.1 Å². The molecule has 1 aliphatic heterocycles. The van der Waals surface area contributed by atoms with Gasteiger partial charge in [0.1, 0.15) is 0 Å². The van der Waals surface area contributed by atoms with Crippen LogP contribution in [0.2, 0.25) is 0 Å². The van der Waals surface area contributed by atoms with Gasteiger partial charge >= 0.3 is 0 Å². The SMILES string of the molecule is COC1(C(O)CC2CCOCC2)CCCCC1. The molecule has 3 nitrogen and oxygen atoms in total. The molecule has 0 spiro atoms. The van der Waals surface area contributed by atoms with Crippen LogP contribution in [0.3, 0.4) is 0 Å². The van der Waals surface area contributed by atoms with Crippen LogP contribution in [0.5, 0.6) is 0 Å². The molecular weight excluding hydrogens is 216 g/mol. The van der Waals surface area contributed by atoms with Gasteiger partial charge in [-0.05, 0) is 38.0 Å². The fraction of sp³-hybridized carbons (Fsp3) is 1.00. The molecule has 0 aromatic carbocycles. The minimum Gasteiger partial charge on any atom is -0.390 e. The topological polar surface area (TPSA) is 38.7 Å². The molecule has 1 heterocycles. The number of hydrogen-bond donors (Lipinski definition) is 1. The Hall–Kier alpha value is -0.120. The van der Waals surface area contributed by atoms with Crippen molar-refractivity contribution in [3.8, 4) is 0 Å². The number of methoxy groups -OCH3 is 1. The first-order chi connectivity index (χ1) is 8.27. The maximum atomic E-state index is 10.5. The summed E-state index contributed by atoms with van der Waals surface area (Å²) < 4.78 is 11.1. The molecule has 1 atom stereocenters. The summed E-state index contributed by atoms with van der Waals surface area (Å²) in [5, 5.41) is 10.5. The molecule has 100 valence electrons. The third-order valence-corrected chi connectivity index (χ3v) is 4.61. The fourth-order valence-corrected chi connectivity index (χ4v) is 3.34. The summed E-state index contributed by atoms with van der Waals surface area (Å²) >= 11 is 0. The van der Waals surface area contributed by atoms with Crippen molar-refractivity contribution in [3.63, 3.8) is 0 Å². The van der Waals surface area contributed by atoms with Gasteiger partial charge in [-0.1, -0.05) is 19.3 Å². The number of aliphatic hydroxyl groups is 1. The normalized spacial score (nSPS) is 27.9.